The van der Waals surface area contributed by atoms with E-state index in [9.17, 15) is 0 Å². The van der Waals surface area contributed by atoms with Gasteiger partial charge in [-0.3, -0.25) is 0 Å². The average molecular weight is 280 g/mol. The van der Waals surface area contributed by atoms with Crippen molar-refractivity contribution in [1.29, 1.82) is 0 Å². The molecule has 3 atom stereocenters. The molecule has 1 aliphatic heterocycles. The van der Waals surface area contributed by atoms with Crippen molar-refractivity contribution in [1.82, 2.24) is 0 Å². The highest BCUT2D eigenvalue weighted by Gasteiger charge is 2.61. The highest BCUT2D eigenvalue weighted by molar-refractivity contribution is 5.20. The number of unbranched alkanes of at least 4 members (excludes halogenated alkanes) is 3. The summed E-state index contributed by atoms with van der Waals surface area (Å²) in [5.74, 6) is -0.358. The standard InChI is InChI=1S/C18H32O2/c1-5-6-7-8-10-16(4)20-18-12-9-11-17(18,15(2)3)13-14-19-18/h16H,2,5-14H2,1,3-4H3/t16?,17-,18+/m1/s1. The van der Waals surface area contributed by atoms with Gasteiger partial charge in [0.05, 0.1) is 12.7 Å². The Morgan fingerprint density at radius 1 is 1.25 bits per heavy atom. The number of fused-ring (bicyclic) bond motifs is 1. The third kappa shape index (κ3) is 2.82. The van der Waals surface area contributed by atoms with Crippen molar-refractivity contribution in [2.75, 3.05) is 6.61 Å². The molecule has 2 nitrogen and oxygen atoms in total. The van der Waals surface area contributed by atoms with Gasteiger partial charge < -0.3 is 9.47 Å². The van der Waals surface area contributed by atoms with Gasteiger partial charge in [-0.05, 0) is 39.5 Å². The van der Waals surface area contributed by atoms with Gasteiger partial charge in [-0.25, -0.2) is 0 Å². The molecule has 2 rings (SSSR count). The third-order valence-corrected chi connectivity index (χ3v) is 5.38. The predicted octanol–water partition coefficient (Wildman–Crippen LogP) is 5.22. The maximum Gasteiger partial charge on any atom is 0.177 e. The van der Waals surface area contributed by atoms with Gasteiger partial charge in [0.2, 0.25) is 0 Å². The Morgan fingerprint density at radius 3 is 2.75 bits per heavy atom. The molecule has 1 unspecified atom stereocenters. The van der Waals surface area contributed by atoms with Crippen molar-refractivity contribution in [3.8, 4) is 0 Å². The highest BCUT2D eigenvalue weighted by atomic mass is 16.7. The monoisotopic (exact) mass is 280 g/mol. The lowest BCUT2D eigenvalue weighted by atomic mass is 9.75. The fourth-order valence-corrected chi connectivity index (χ4v) is 4.17. The first kappa shape index (κ1) is 16.0. The van der Waals surface area contributed by atoms with Gasteiger partial charge in [-0.2, -0.15) is 0 Å². The normalized spacial score (nSPS) is 34.1. The summed E-state index contributed by atoms with van der Waals surface area (Å²) >= 11 is 0. The molecule has 0 radical (unpaired) electrons. The number of ether oxygens (including phenoxy) is 2. The lowest BCUT2D eigenvalue weighted by Gasteiger charge is -2.41. The lowest BCUT2D eigenvalue weighted by Crippen LogP contribution is -2.45. The van der Waals surface area contributed by atoms with Crippen LogP contribution in [-0.2, 0) is 9.47 Å². The molecule has 2 heteroatoms. The Kier molecular flexibility index (Phi) is 5.30. The van der Waals surface area contributed by atoms with Gasteiger partial charge in [0.25, 0.3) is 0 Å². The third-order valence-electron chi connectivity index (χ3n) is 5.38. The van der Waals surface area contributed by atoms with Crippen LogP contribution in [0.2, 0.25) is 0 Å². The van der Waals surface area contributed by atoms with Crippen LogP contribution in [0.1, 0.15) is 78.6 Å². The van der Waals surface area contributed by atoms with Crippen LogP contribution in [0.5, 0.6) is 0 Å². The van der Waals surface area contributed by atoms with Crippen molar-refractivity contribution in [2.24, 2.45) is 5.41 Å². The van der Waals surface area contributed by atoms with E-state index in [2.05, 4.69) is 27.4 Å². The first-order valence-corrected chi connectivity index (χ1v) is 8.54. The van der Waals surface area contributed by atoms with E-state index in [4.69, 9.17) is 9.47 Å². The molecule has 1 saturated heterocycles. The molecule has 0 aromatic rings. The molecule has 20 heavy (non-hydrogen) atoms. The van der Waals surface area contributed by atoms with Crippen LogP contribution in [0.15, 0.2) is 12.2 Å². The predicted molar refractivity (Wildman–Crippen MR) is 83.7 cm³/mol. The zero-order valence-corrected chi connectivity index (χ0v) is 13.7. The Morgan fingerprint density at radius 2 is 2.05 bits per heavy atom. The summed E-state index contributed by atoms with van der Waals surface area (Å²) in [6, 6.07) is 0. The Bertz CT molecular complexity index is 324. The fourth-order valence-electron chi connectivity index (χ4n) is 4.17. The summed E-state index contributed by atoms with van der Waals surface area (Å²) in [5.41, 5.74) is 1.34. The first-order valence-electron chi connectivity index (χ1n) is 8.54. The zero-order chi connectivity index (χ0) is 14.6. The van der Waals surface area contributed by atoms with Gasteiger partial charge in [-0.1, -0.05) is 44.8 Å². The van der Waals surface area contributed by atoms with E-state index in [1.165, 1.54) is 44.1 Å². The molecule has 2 aliphatic rings. The summed E-state index contributed by atoms with van der Waals surface area (Å²) in [4.78, 5) is 0. The second kappa shape index (κ2) is 6.62. The van der Waals surface area contributed by atoms with Gasteiger partial charge in [0, 0.05) is 11.8 Å². The van der Waals surface area contributed by atoms with Crippen LogP contribution in [0.3, 0.4) is 0 Å². The smallest absolute Gasteiger partial charge is 0.177 e. The topological polar surface area (TPSA) is 18.5 Å². The molecular weight excluding hydrogens is 248 g/mol. The van der Waals surface area contributed by atoms with Crippen molar-refractivity contribution in [3.05, 3.63) is 12.2 Å². The van der Waals surface area contributed by atoms with Crippen LogP contribution < -0.4 is 0 Å². The van der Waals surface area contributed by atoms with E-state index < -0.39 is 0 Å². The van der Waals surface area contributed by atoms with Crippen LogP contribution in [0, 0.1) is 5.41 Å². The van der Waals surface area contributed by atoms with Crippen molar-refractivity contribution >= 4 is 0 Å². The molecule has 1 heterocycles. The van der Waals surface area contributed by atoms with Gasteiger partial charge >= 0.3 is 0 Å². The lowest BCUT2D eigenvalue weighted by molar-refractivity contribution is -0.260. The summed E-state index contributed by atoms with van der Waals surface area (Å²) in [7, 11) is 0. The summed E-state index contributed by atoms with van der Waals surface area (Å²) in [6.45, 7) is 11.7. The molecule has 0 spiro atoms. The second-order valence-corrected chi connectivity index (χ2v) is 6.85. The molecule has 0 aromatic heterocycles. The van der Waals surface area contributed by atoms with Gasteiger partial charge in [-0.15, -0.1) is 0 Å². The SMILES string of the molecule is C=C(C)[C@]12CCC[C@@]1(OC(C)CCCCCC)OCC2. The molecule has 1 saturated carbocycles. The van der Waals surface area contributed by atoms with E-state index in [1.807, 2.05) is 0 Å². The molecule has 0 amide bonds. The van der Waals surface area contributed by atoms with Crippen molar-refractivity contribution < 1.29 is 9.47 Å². The fraction of sp³-hybridized carbons (Fsp3) is 0.889. The molecule has 0 N–H and O–H groups in total. The minimum Gasteiger partial charge on any atom is -0.349 e. The van der Waals surface area contributed by atoms with Crippen molar-refractivity contribution in [2.45, 2.75) is 90.4 Å². The first-order chi connectivity index (χ1) is 9.56. The minimum atomic E-state index is -0.358. The van der Waals surface area contributed by atoms with Crippen LogP contribution >= 0.6 is 0 Å². The highest BCUT2D eigenvalue weighted by Crippen LogP contribution is 2.59. The Balaban J connectivity index is 1.94. The van der Waals surface area contributed by atoms with Crippen LogP contribution in [0.4, 0.5) is 0 Å². The van der Waals surface area contributed by atoms with E-state index >= 15 is 0 Å². The van der Waals surface area contributed by atoms with E-state index in [0.29, 0.717) is 6.10 Å². The molecular formula is C18H32O2. The largest absolute Gasteiger partial charge is 0.349 e. The van der Waals surface area contributed by atoms with Crippen molar-refractivity contribution in [3.63, 3.8) is 0 Å². The van der Waals surface area contributed by atoms with E-state index in [1.54, 1.807) is 0 Å². The number of hydrogen-bond donors (Lipinski definition) is 0. The van der Waals surface area contributed by atoms with E-state index in [-0.39, 0.29) is 11.2 Å². The number of hydrogen-bond acceptors (Lipinski definition) is 2. The van der Waals surface area contributed by atoms with Crippen LogP contribution in [0.25, 0.3) is 0 Å². The maximum absolute atomic E-state index is 6.48. The second-order valence-electron chi connectivity index (χ2n) is 6.85. The molecule has 0 bridgehead atoms. The Labute approximate surface area is 124 Å². The molecule has 116 valence electrons. The molecule has 2 fully saturated rings. The van der Waals surface area contributed by atoms with E-state index in [0.717, 1.165) is 25.9 Å². The summed E-state index contributed by atoms with van der Waals surface area (Å²) in [6.07, 6.45) is 11.2. The average Bonchev–Trinajstić information content (AvgIpc) is 2.90. The molecule has 0 aromatic carbocycles. The number of rotatable bonds is 8. The van der Waals surface area contributed by atoms with Crippen LogP contribution in [-0.4, -0.2) is 18.5 Å². The Hall–Kier alpha value is -0.340. The summed E-state index contributed by atoms with van der Waals surface area (Å²) < 4.78 is 12.6. The van der Waals surface area contributed by atoms with Gasteiger partial charge in [0.15, 0.2) is 5.79 Å². The van der Waals surface area contributed by atoms with Gasteiger partial charge in [0.1, 0.15) is 0 Å². The summed E-state index contributed by atoms with van der Waals surface area (Å²) in [5, 5.41) is 0. The zero-order valence-electron chi connectivity index (χ0n) is 13.7. The quantitative estimate of drug-likeness (QED) is 0.448. The maximum atomic E-state index is 6.48. The molecule has 1 aliphatic carbocycles. The minimum absolute atomic E-state index is 0.0880.